The van der Waals surface area contributed by atoms with Gasteiger partial charge in [-0.25, -0.2) is 4.79 Å². The van der Waals surface area contributed by atoms with Crippen LogP contribution >= 0.6 is 0 Å². The Morgan fingerprint density at radius 1 is 1.04 bits per heavy atom. The lowest BCUT2D eigenvalue weighted by molar-refractivity contribution is 0.174. The molecule has 3 aliphatic heterocycles. The summed E-state index contributed by atoms with van der Waals surface area (Å²) in [5, 5.41) is 12.2. The average Bonchev–Trinajstić information content (AvgIpc) is 3.26. The summed E-state index contributed by atoms with van der Waals surface area (Å²) in [5.74, 6) is 2.77. The first kappa shape index (κ1) is 18.7. The summed E-state index contributed by atoms with van der Waals surface area (Å²) < 4.78 is 2.37. The average molecular weight is 375 g/mol. The summed E-state index contributed by atoms with van der Waals surface area (Å²) in [6.45, 7) is 7.94. The molecule has 27 heavy (non-hydrogen) atoms. The summed E-state index contributed by atoms with van der Waals surface area (Å²) in [6.07, 6.45) is 9.26. The van der Waals surface area contributed by atoms with Crippen LogP contribution < -0.4 is 5.32 Å². The zero-order valence-corrected chi connectivity index (χ0v) is 16.7. The Hall–Kier alpha value is -1.63. The zero-order chi connectivity index (χ0) is 18.6. The van der Waals surface area contributed by atoms with Crippen molar-refractivity contribution in [1.82, 2.24) is 29.9 Å². The number of fused-ring (bicyclic) bond motifs is 1. The summed E-state index contributed by atoms with van der Waals surface area (Å²) in [7, 11) is 0. The van der Waals surface area contributed by atoms with Crippen molar-refractivity contribution in [3.05, 3.63) is 11.6 Å². The van der Waals surface area contributed by atoms with E-state index in [0.29, 0.717) is 12.0 Å². The van der Waals surface area contributed by atoms with Crippen LogP contribution in [0.5, 0.6) is 0 Å². The van der Waals surface area contributed by atoms with Crippen LogP contribution in [-0.2, 0) is 13.0 Å². The maximum absolute atomic E-state index is 12.6. The minimum absolute atomic E-state index is 0.108. The second kappa shape index (κ2) is 8.59. The SMILES string of the molecule is CCN1CCCC1CNC(=O)N1CCC(c2nnc3n2CCCCC3)CC1. The van der Waals surface area contributed by atoms with Crippen molar-refractivity contribution in [2.75, 3.05) is 32.7 Å². The smallest absolute Gasteiger partial charge is 0.317 e. The van der Waals surface area contributed by atoms with Gasteiger partial charge >= 0.3 is 6.03 Å². The molecule has 150 valence electrons. The highest BCUT2D eigenvalue weighted by molar-refractivity contribution is 5.74. The van der Waals surface area contributed by atoms with Crippen molar-refractivity contribution in [1.29, 1.82) is 0 Å². The molecule has 2 saturated heterocycles. The van der Waals surface area contributed by atoms with E-state index in [0.717, 1.165) is 57.8 Å². The van der Waals surface area contributed by atoms with Gasteiger partial charge in [0.2, 0.25) is 0 Å². The van der Waals surface area contributed by atoms with Crippen LogP contribution in [0.4, 0.5) is 4.79 Å². The molecule has 1 atom stereocenters. The molecule has 7 heteroatoms. The van der Waals surface area contributed by atoms with E-state index < -0.39 is 0 Å². The lowest BCUT2D eigenvalue weighted by atomic mass is 9.96. The first-order chi connectivity index (χ1) is 13.3. The van der Waals surface area contributed by atoms with Crippen molar-refractivity contribution >= 4 is 6.03 Å². The van der Waals surface area contributed by atoms with Gasteiger partial charge in [-0.15, -0.1) is 10.2 Å². The molecule has 4 rings (SSSR count). The predicted octanol–water partition coefficient (Wildman–Crippen LogP) is 2.38. The molecule has 0 bridgehead atoms. The Bertz CT molecular complexity index is 636. The van der Waals surface area contributed by atoms with Crippen molar-refractivity contribution in [3.63, 3.8) is 0 Å². The Labute approximate surface area is 162 Å². The lowest BCUT2D eigenvalue weighted by Gasteiger charge is -2.32. The fourth-order valence-electron chi connectivity index (χ4n) is 5.01. The van der Waals surface area contributed by atoms with Crippen LogP contribution in [0.1, 0.15) is 69.4 Å². The third kappa shape index (κ3) is 4.13. The number of amides is 2. The number of aryl methyl sites for hydroxylation is 1. The number of carbonyl (C=O) groups is 1. The van der Waals surface area contributed by atoms with Crippen molar-refractivity contribution in [2.24, 2.45) is 0 Å². The van der Waals surface area contributed by atoms with Gasteiger partial charge in [-0.2, -0.15) is 0 Å². The highest BCUT2D eigenvalue weighted by atomic mass is 16.2. The van der Waals surface area contributed by atoms with E-state index in [2.05, 4.69) is 31.9 Å². The van der Waals surface area contributed by atoms with Crippen LogP contribution in [0.3, 0.4) is 0 Å². The normalized spacial score (nSPS) is 24.6. The van der Waals surface area contributed by atoms with Gasteiger partial charge in [0.15, 0.2) is 0 Å². The fourth-order valence-corrected chi connectivity index (χ4v) is 5.01. The van der Waals surface area contributed by atoms with E-state index >= 15 is 0 Å². The van der Waals surface area contributed by atoms with Crippen LogP contribution in [0.15, 0.2) is 0 Å². The molecule has 0 saturated carbocycles. The lowest BCUT2D eigenvalue weighted by Crippen LogP contribution is -2.48. The first-order valence-electron chi connectivity index (χ1n) is 10.9. The molecule has 7 nitrogen and oxygen atoms in total. The molecule has 0 radical (unpaired) electrons. The van der Waals surface area contributed by atoms with Gasteiger partial charge in [-0.05, 0) is 51.6 Å². The molecule has 1 unspecified atom stereocenters. The number of hydrogen-bond acceptors (Lipinski definition) is 4. The van der Waals surface area contributed by atoms with Gasteiger partial charge in [-0.1, -0.05) is 13.3 Å². The van der Waals surface area contributed by atoms with E-state index in [1.165, 1.54) is 44.5 Å². The van der Waals surface area contributed by atoms with Gasteiger partial charge in [0.05, 0.1) is 0 Å². The zero-order valence-electron chi connectivity index (χ0n) is 16.7. The Kier molecular flexibility index (Phi) is 5.95. The van der Waals surface area contributed by atoms with Crippen LogP contribution in [0, 0.1) is 0 Å². The third-order valence-electron chi connectivity index (χ3n) is 6.68. The summed E-state index contributed by atoms with van der Waals surface area (Å²) >= 11 is 0. The highest BCUT2D eigenvalue weighted by Crippen LogP contribution is 2.29. The van der Waals surface area contributed by atoms with Gasteiger partial charge in [-0.3, -0.25) is 4.90 Å². The number of rotatable bonds is 4. The van der Waals surface area contributed by atoms with Gasteiger partial charge in [0, 0.05) is 44.6 Å². The van der Waals surface area contributed by atoms with E-state index in [9.17, 15) is 4.79 Å². The monoisotopic (exact) mass is 374 g/mol. The summed E-state index contributed by atoms with van der Waals surface area (Å²) in [4.78, 5) is 17.0. The number of nitrogens with zero attached hydrogens (tertiary/aromatic N) is 5. The van der Waals surface area contributed by atoms with Gasteiger partial charge < -0.3 is 14.8 Å². The van der Waals surface area contributed by atoms with E-state index in [-0.39, 0.29) is 6.03 Å². The second-order valence-corrected chi connectivity index (χ2v) is 8.31. The molecule has 1 aromatic heterocycles. The van der Waals surface area contributed by atoms with Gasteiger partial charge in [0.25, 0.3) is 0 Å². The molecular weight excluding hydrogens is 340 g/mol. The van der Waals surface area contributed by atoms with E-state index in [1.807, 2.05) is 4.90 Å². The molecule has 0 aliphatic carbocycles. The minimum Gasteiger partial charge on any atom is -0.336 e. The van der Waals surface area contributed by atoms with Gasteiger partial charge in [0.1, 0.15) is 11.6 Å². The summed E-state index contributed by atoms with van der Waals surface area (Å²) in [5.41, 5.74) is 0. The number of urea groups is 1. The highest BCUT2D eigenvalue weighted by Gasteiger charge is 2.29. The fraction of sp³-hybridized carbons (Fsp3) is 0.850. The Morgan fingerprint density at radius 3 is 2.70 bits per heavy atom. The summed E-state index contributed by atoms with van der Waals surface area (Å²) in [6, 6.07) is 0.624. The maximum atomic E-state index is 12.6. The van der Waals surface area contributed by atoms with E-state index in [1.54, 1.807) is 0 Å². The standard InChI is InChI=1S/C20H34N6O/c1-2-24-11-6-7-17(24)15-21-20(27)25-13-9-16(10-14-25)19-23-22-18-8-4-3-5-12-26(18)19/h16-17H,2-15H2,1H3,(H,21,27). The number of piperidine rings is 1. The van der Waals surface area contributed by atoms with E-state index in [4.69, 9.17) is 0 Å². The molecule has 0 spiro atoms. The predicted molar refractivity (Wildman–Crippen MR) is 105 cm³/mol. The minimum atomic E-state index is 0.108. The molecule has 1 N–H and O–H groups in total. The molecule has 1 aromatic rings. The Balaban J connectivity index is 1.28. The van der Waals surface area contributed by atoms with Crippen molar-refractivity contribution < 1.29 is 4.79 Å². The quantitative estimate of drug-likeness (QED) is 0.879. The number of hydrogen-bond donors (Lipinski definition) is 1. The number of likely N-dealkylation sites (tertiary alicyclic amines) is 2. The molecule has 2 fully saturated rings. The first-order valence-corrected chi connectivity index (χ1v) is 10.9. The molecule has 4 heterocycles. The number of carbonyl (C=O) groups excluding carboxylic acids is 1. The molecular formula is C20H34N6O. The molecule has 0 aromatic carbocycles. The molecule has 3 aliphatic rings. The number of likely N-dealkylation sites (N-methyl/N-ethyl adjacent to an activating group) is 1. The maximum Gasteiger partial charge on any atom is 0.317 e. The number of aromatic nitrogens is 3. The largest absolute Gasteiger partial charge is 0.336 e. The second-order valence-electron chi connectivity index (χ2n) is 8.31. The van der Waals surface area contributed by atoms with Crippen molar-refractivity contribution in [2.45, 2.75) is 76.8 Å². The van der Waals surface area contributed by atoms with Crippen LogP contribution in [0.2, 0.25) is 0 Å². The third-order valence-corrected chi connectivity index (χ3v) is 6.68. The Morgan fingerprint density at radius 2 is 1.89 bits per heavy atom. The van der Waals surface area contributed by atoms with Crippen LogP contribution in [0.25, 0.3) is 0 Å². The number of nitrogens with one attached hydrogen (secondary N) is 1. The van der Waals surface area contributed by atoms with Crippen LogP contribution in [-0.4, -0.2) is 69.4 Å². The van der Waals surface area contributed by atoms with Crippen molar-refractivity contribution in [3.8, 4) is 0 Å². The molecule has 2 amide bonds. The topological polar surface area (TPSA) is 66.3 Å².